The Balaban J connectivity index is 0. The normalized spacial score (nSPS) is 7.50. The summed E-state index contributed by atoms with van der Waals surface area (Å²) in [5.41, 5.74) is 6.29. The lowest BCUT2D eigenvalue weighted by Crippen LogP contribution is -2.12. The van der Waals surface area contributed by atoms with Gasteiger partial charge in [-0.15, -0.1) is 0 Å². The van der Waals surface area contributed by atoms with Crippen molar-refractivity contribution < 1.29 is 4.79 Å². The average molecular weight is 196 g/mol. The van der Waals surface area contributed by atoms with E-state index in [2.05, 4.69) is 4.98 Å². The number of carbonyl (C=O) groups is 1. The molecule has 1 aromatic heterocycles. The summed E-state index contributed by atoms with van der Waals surface area (Å²) in [7, 11) is 0. The number of hydrogen-bond acceptors (Lipinski definition) is 2. The molecule has 1 aromatic rings. The van der Waals surface area contributed by atoms with Crippen LogP contribution in [0.15, 0.2) is 18.3 Å². The number of primary amides is 1. The maximum Gasteiger partial charge on any atom is 0.267 e. The van der Waals surface area contributed by atoms with E-state index in [1.54, 1.807) is 12.3 Å². The van der Waals surface area contributed by atoms with E-state index < -0.39 is 5.91 Å². The molecule has 1 heterocycles. The molecule has 0 radical (unpaired) electrons. The topological polar surface area (TPSA) is 56.0 Å². The van der Waals surface area contributed by atoms with Crippen molar-refractivity contribution in [2.45, 2.75) is 34.6 Å². The number of amides is 1. The van der Waals surface area contributed by atoms with E-state index in [1.165, 1.54) is 0 Å². The fourth-order valence-corrected chi connectivity index (χ4v) is 0.671. The van der Waals surface area contributed by atoms with Crippen LogP contribution in [0.5, 0.6) is 0 Å². The first kappa shape index (κ1) is 15.1. The van der Waals surface area contributed by atoms with Gasteiger partial charge in [-0.25, -0.2) is 0 Å². The largest absolute Gasteiger partial charge is 0.364 e. The van der Waals surface area contributed by atoms with Gasteiger partial charge in [0.15, 0.2) is 0 Å². The summed E-state index contributed by atoms with van der Waals surface area (Å²) in [4.78, 5) is 14.3. The molecule has 1 amide bonds. The van der Waals surface area contributed by atoms with Crippen LogP contribution < -0.4 is 5.73 Å². The Bertz CT molecular complexity index is 259. The molecule has 0 fully saturated rings. The lowest BCUT2D eigenvalue weighted by Gasteiger charge is -1.93. The zero-order valence-corrected chi connectivity index (χ0v) is 9.66. The average Bonchev–Trinajstić information content (AvgIpc) is 2.24. The van der Waals surface area contributed by atoms with Crippen molar-refractivity contribution in [3.05, 3.63) is 29.6 Å². The van der Waals surface area contributed by atoms with Crippen LogP contribution in [0.2, 0.25) is 0 Å². The maximum absolute atomic E-state index is 10.5. The Kier molecular flexibility index (Phi) is 10.5. The van der Waals surface area contributed by atoms with Crippen LogP contribution in [0.25, 0.3) is 0 Å². The monoisotopic (exact) mass is 196 g/mol. The first-order valence-electron chi connectivity index (χ1n) is 4.92. The molecule has 3 heteroatoms. The van der Waals surface area contributed by atoms with E-state index in [-0.39, 0.29) is 0 Å². The van der Waals surface area contributed by atoms with Gasteiger partial charge in [-0.1, -0.05) is 27.7 Å². The van der Waals surface area contributed by atoms with Crippen molar-refractivity contribution in [1.29, 1.82) is 0 Å². The van der Waals surface area contributed by atoms with E-state index in [4.69, 9.17) is 5.73 Å². The minimum Gasteiger partial charge on any atom is -0.364 e. The zero-order chi connectivity index (χ0) is 11.6. The molecule has 14 heavy (non-hydrogen) atoms. The van der Waals surface area contributed by atoms with E-state index in [9.17, 15) is 4.79 Å². The first-order chi connectivity index (χ1) is 6.70. The van der Waals surface area contributed by atoms with Crippen molar-refractivity contribution in [2.24, 2.45) is 5.73 Å². The second-order valence-corrected chi connectivity index (χ2v) is 2.08. The van der Waals surface area contributed by atoms with Crippen molar-refractivity contribution in [1.82, 2.24) is 4.98 Å². The van der Waals surface area contributed by atoms with E-state index in [1.807, 2.05) is 40.7 Å². The standard InChI is InChI=1S/C7H8N2O.2C2H6/c1-5-2-3-9-6(4-5)7(8)10;2*1-2/h2-4H,1H3,(H2,8,10);2*1-2H3. The summed E-state index contributed by atoms with van der Waals surface area (Å²) in [5, 5.41) is 0. The van der Waals surface area contributed by atoms with Crippen LogP contribution in [0, 0.1) is 6.92 Å². The number of nitrogens with zero attached hydrogens (tertiary/aromatic N) is 1. The third-order valence-electron chi connectivity index (χ3n) is 1.17. The van der Waals surface area contributed by atoms with Gasteiger partial charge in [0.1, 0.15) is 5.69 Å². The number of rotatable bonds is 1. The summed E-state index contributed by atoms with van der Waals surface area (Å²) in [5.74, 6) is -0.483. The van der Waals surface area contributed by atoms with Crippen LogP contribution >= 0.6 is 0 Å². The molecule has 0 saturated carbocycles. The highest BCUT2D eigenvalue weighted by Gasteiger charge is 1.98. The molecule has 0 bridgehead atoms. The highest BCUT2D eigenvalue weighted by atomic mass is 16.1. The van der Waals surface area contributed by atoms with Crippen LogP contribution in [-0.2, 0) is 0 Å². The van der Waals surface area contributed by atoms with Crippen LogP contribution in [0.1, 0.15) is 43.7 Å². The predicted molar refractivity (Wildman–Crippen MR) is 60.2 cm³/mol. The van der Waals surface area contributed by atoms with Gasteiger partial charge in [0, 0.05) is 6.20 Å². The molecular formula is C11H20N2O. The highest BCUT2D eigenvalue weighted by Crippen LogP contribution is 1.97. The molecule has 80 valence electrons. The molecule has 0 aromatic carbocycles. The second-order valence-electron chi connectivity index (χ2n) is 2.08. The molecule has 1 rings (SSSR count). The SMILES string of the molecule is CC.CC.Cc1ccnc(C(N)=O)c1. The number of hydrogen-bond donors (Lipinski definition) is 1. The Morgan fingerprint density at radius 2 is 1.79 bits per heavy atom. The van der Waals surface area contributed by atoms with Crippen molar-refractivity contribution >= 4 is 5.91 Å². The summed E-state index contributed by atoms with van der Waals surface area (Å²) in [6.45, 7) is 9.88. The van der Waals surface area contributed by atoms with E-state index in [0.29, 0.717) is 5.69 Å². The van der Waals surface area contributed by atoms with Crippen molar-refractivity contribution in [3.63, 3.8) is 0 Å². The van der Waals surface area contributed by atoms with Gasteiger partial charge in [0.05, 0.1) is 0 Å². The molecule has 0 spiro atoms. The maximum atomic E-state index is 10.5. The number of pyridine rings is 1. The molecule has 0 unspecified atom stereocenters. The lowest BCUT2D eigenvalue weighted by atomic mass is 10.2. The number of carbonyl (C=O) groups excluding carboxylic acids is 1. The molecule has 0 aliphatic rings. The Labute approximate surface area is 86.4 Å². The molecule has 3 nitrogen and oxygen atoms in total. The number of aromatic nitrogens is 1. The van der Waals surface area contributed by atoms with Crippen molar-refractivity contribution in [3.8, 4) is 0 Å². The van der Waals surface area contributed by atoms with Crippen LogP contribution in [0.3, 0.4) is 0 Å². The minimum absolute atomic E-state index is 0.319. The van der Waals surface area contributed by atoms with Gasteiger partial charge in [0.25, 0.3) is 5.91 Å². The van der Waals surface area contributed by atoms with E-state index >= 15 is 0 Å². The summed E-state index contributed by atoms with van der Waals surface area (Å²) in [6.07, 6.45) is 1.56. The Hall–Kier alpha value is -1.38. The zero-order valence-electron chi connectivity index (χ0n) is 9.66. The summed E-state index contributed by atoms with van der Waals surface area (Å²) >= 11 is 0. The van der Waals surface area contributed by atoms with Crippen molar-refractivity contribution in [2.75, 3.05) is 0 Å². The Morgan fingerprint density at radius 3 is 2.07 bits per heavy atom. The van der Waals surface area contributed by atoms with E-state index in [0.717, 1.165) is 5.56 Å². The smallest absolute Gasteiger partial charge is 0.267 e. The van der Waals surface area contributed by atoms with Gasteiger partial charge in [-0.05, 0) is 24.6 Å². The van der Waals surface area contributed by atoms with Crippen LogP contribution in [0.4, 0.5) is 0 Å². The van der Waals surface area contributed by atoms with Gasteiger partial charge < -0.3 is 5.73 Å². The number of nitrogens with two attached hydrogens (primary N) is 1. The quantitative estimate of drug-likeness (QED) is 0.750. The highest BCUT2D eigenvalue weighted by molar-refractivity contribution is 5.90. The molecular weight excluding hydrogens is 176 g/mol. The molecule has 2 N–H and O–H groups in total. The minimum atomic E-state index is -0.483. The van der Waals surface area contributed by atoms with Gasteiger partial charge in [0.2, 0.25) is 0 Å². The lowest BCUT2D eigenvalue weighted by molar-refractivity contribution is 0.0995. The predicted octanol–water partition coefficient (Wildman–Crippen LogP) is 2.54. The summed E-state index contributed by atoms with van der Waals surface area (Å²) in [6, 6.07) is 3.47. The van der Waals surface area contributed by atoms with Gasteiger partial charge in [-0.3, -0.25) is 9.78 Å². The number of aryl methyl sites for hydroxylation is 1. The summed E-state index contributed by atoms with van der Waals surface area (Å²) < 4.78 is 0. The van der Waals surface area contributed by atoms with Gasteiger partial charge in [-0.2, -0.15) is 0 Å². The van der Waals surface area contributed by atoms with Gasteiger partial charge >= 0.3 is 0 Å². The second kappa shape index (κ2) is 9.71. The molecule has 0 atom stereocenters. The molecule has 0 aliphatic heterocycles. The fourth-order valence-electron chi connectivity index (χ4n) is 0.671. The molecule has 0 saturated heterocycles. The third-order valence-corrected chi connectivity index (χ3v) is 1.17. The van der Waals surface area contributed by atoms with Crippen LogP contribution in [-0.4, -0.2) is 10.9 Å². The third kappa shape index (κ3) is 6.17. The first-order valence-corrected chi connectivity index (χ1v) is 4.92. The fraction of sp³-hybridized carbons (Fsp3) is 0.455. The molecule has 0 aliphatic carbocycles. The Morgan fingerprint density at radius 1 is 1.29 bits per heavy atom.